The van der Waals surface area contributed by atoms with Crippen molar-refractivity contribution < 1.29 is 0 Å². The quantitative estimate of drug-likeness (QED) is 0.340. The SMILES string of the molecule is C=C(CS)NCCCCN/C(C)=C/C(=C)c1ccccc1C. The Bertz CT molecular complexity index is 532. The molecule has 0 aliphatic carbocycles. The van der Waals surface area contributed by atoms with Gasteiger partial charge in [0, 0.05) is 30.2 Å². The number of allylic oxidation sites excluding steroid dienone is 3. The number of thiol groups is 1. The average molecular weight is 317 g/mol. The van der Waals surface area contributed by atoms with Crippen LogP contribution in [0.4, 0.5) is 0 Å². The standard InChI is InChI=1S/C19H28N2S/c1-15-9-5-6-10-19(15)16(2)13-17(3)20-11-7-8-12-21-18(4)14-22/h5-6,9-10,13,20-22H,2,4,7-8,11-12,14H2,1,3H3/b17-13+. The van der Waals surface area contributed by atoms with Gasteiger partial charge in [0.2, 0.25) is 0 Å². The Morgan fingerprint density at radius 2 is 1.77 bits per heavy atom. The van der Waals surface area contributed by atoms with Gasteiger partial charge in [-0.3, -0.25) is 0 Å². The molecule has 0 saturated carbocycles. The fourth-order valence-corrected chi connectivity index (χ4v) is 2.29. The first-order chi connectivity index (χ1) is 10.5. The largest absolute Gasteiger partial charge is 0.389 e. The molecule has 1 rings (SSSR count). The van der Waals surface area contributed by atoms with E-state index >= 15 is 0 Å². The van der Waals surface area contributed by atoms with Crippen LogP contribution in [0.25, 0.3) is 5.57 Å². The van der Waals surface area contributed by atoms with Crippen LogP contribution in [0.1, 0.15) is 30.9 Å². The summed E-state index contributed by atoms with van der Waals surface area (Å²) >= 11 is 4.16. The molecule has 0 unspecified atom stereocenters. The molecule has 0 radical (unpaired) electrons. The van der Waals surface area contributed by atoms with Crippen molar-refractivity contribution >= 4 is 18.2 Å². The van der Waals surface area contributed by atoms with Crippen LogP contribution in [0.3, 0.4) is 0 Å². The molecule has 0 heterocycles. The van der Waals surface area contributed by atoms with Crippen molar-refractivity contribution in [3.8, 4) is 0 Å². The van der Waals surface area contributed by atoms with E-state index in [1.807, 2.05) is 0 Å². The van der Waals surface area contributed by atoms with Gasteiger partial charge >= 0.3 is 0 Å². The van der Waals surface area contributed by atoms with Gasteiger partial charge in [-0.05, 0) is 49.5 Å². The van der Waals surface area contributed by atoms with Crippen molar-refractivity contribution in [3.05, 3.63) is 66.0 Å². The van der Waals surface area contributed by atoms with Crippen molar-refractivity contribution in [3.63, 3.8) is 0 Å². The molecule has 0 fully saturated rings. The summed E-state index contributed by atoms with van der Waals surface area (Å²) in [5.74, 6) is 0.696. The van der Waals surface area contributed by atoms with Gasteiger partial charge in [-0.1, -0.05) is 37.4 Å². The molecule has 0 atom stereocenters. The van der Waals surface area contributed by atoms with Crippen molar-refractivity contribution in [1.29, 1.82) is 0 Å². The topological polar surface area (TPSA) is 24.1 Å². The predicted octanol–water partition coefficient (Wildman–Crippen LogP) is 4.31. The summed E-state index contributed by atoms with van der Waals surface area (Å²) < 4.78 is 0. The molecule has 3 heteroatoms. The summed E-state index contributed by atoms with van der Waals surface area (Å²) in [5.41, 5.74) is 5.66. The van der Waals surface area contributed by atoms with Gasteiger partial charge in [0.1, 0.15) is 0 Å². The van der Waals surface area contributed by atoms with E-state index in [1.165, 1.54) is 11.1 Å². The van der Waals surface area contributed by atoms with E-state index in [2.05, 4.69) is 80.6 Å². The van der Waals surface area contributed by atoms with Crippen LogP contribution in [-0.2, 0) is 0 Å². The van der Waals surface area contributed by atoms with Crippen LogP contribution < -0.4 is 10.6 Å². The molecular formula is C19H28N2S. The molecule has 22 heavy (non-hydrogen) atoms. The van der Waals surface area contributed by atoms with Crippen LogP contribution in [0.5, 0.6) is 0 Å². The summed E-state index contributed by atoms with van der Waals surface area (Å²) in [7, 11) is 0. The van der Waals surface area contributed by atoms with Crippen LogP contribution in [-0.4, -0.2) is 18.8 Å². The third-order valence-electron chi connectivity index (χ3n) is 3.46. The number of benzene rings is 1. The third-order valence-corrected chi connectivity index (χ3v) is 3.84. The van der Waals surface area contributed by atoms with Gasteiger partial charge in [0.15, 0.2) is 0 Å². The number of hydrogen-bond donors (Lipinski definition) is 3. The third kappa shape index (κ3) is 6.90. The van der Waals surface area contributed by atoms with Crippen LogP contribution in [0, 0.1) is 6.92 Å². The molecule has 0 spiro atoms. The minimum absolute atomic E-state index is 0.696. The zero-order valence-electron chi connectivity index (χ0n) is 13.8. The Balaban J connectivity index is 2.30. The molecule has 1 aromatic rings. The fourth-order valence-electron chi connectivity index (χ4n) is 2.18. The molecule has 0 amide bonds. The van der Waals surface area contributed by atoms with Gasteiger partial charge < -0.3 is 10.6 Å². The Morgan fingerprint density at radius 3 is 2.41 bits per heavy atom. The van der Waals surface area contributed by atoms with E-state index in [0.29, 0.717) is 5.75 Å². The number of unbranched alkanes of at least 4 members (excludes halogenated alkanes) is 1. The summed E-state index contributed by atoms with van der Waals surface area (Å²) in [5, 5.41) is 6.69. The second-order valence-electron chi connectivity index (χ2n) is 5.49. The first kappa shape index (κ1) is 18.4. The lowest BCUT2D eigenvalue weighted by Crippen LogP contribution is -2.18. The highest BCUT2D eigenvalue weighted by molar-refractivity contribution is 7.80. The van der Waals surface area contributed by atoms with Crippen LogP contribution in [0.2, 0.25) is 0 Å². The van der Waals surface area contributed by atoms with E-state index in [0.717, 1.165) is 42.9 Å². The lowest BCUT2D eigenvalue weighted by molar-refractivity contribution is 0.647. The Morgan fingerprint density at radius 1 is 1.14 bits per heavy atom. The maximum Gasteiger partial charge on any atom is 0.0296 e. The maximum absolute atomic E-state index is 4.17. The van der Waals surface area contributed by atoms with Gasteiger partial charge in [-0.15, -0.1) is 0 Å². The summed E-state index contributed by atoms with van der Waals surface area (Å²) in [6, 6.07) is 8.33. The summed E-state index contributed by atoms with van der Waals surface area (Å²) in [6.07, 6.45) is 4.35. The average Bonchev–Trinajstić information content (AvgIpc) is 2.50. The number of aryl methyl sites for hydroxylation is 1. The van der Waals surface area contributed by atoms with E-state index in [9.17, 15) is 0 Å². The lowest BCUT2D eigenvalue weighted by atomic mass is 10.0. The number of hydrogen-bond acceptors (Lipinski definition) is 3. The maximum atomic E-state index is 4.17. The first-order valence-electron chi connectivity index (χ1n) is 7.74. The van der Waals surface area contributed by atoms with Gasteiger partial charge in [0.05, 0.1) is 0 Å². The smallest absolute Gasteiger partial charge is 0.0296 e. The summed E-state index contributed by atoms with van der Waals surface area (Å²) in [6.45, 7) is 14.2. The second-order valence-corrected chi connectivity index (χ2v) is 5.81. The zero-order valence-corrected chi connectivity index (χ0v) is 14.7. The van der Waals surface area contributed by atoms with Gasteiger partial charge in [-0.25, -0.2) is 0 Å². The molecule has 0 saturated heterocycles. The molecule has 1 aromatic carbocycles. The Kier molecular flexibility index (Phi) is 8.53. The van der Waals surface area contributed by atoms with E-state index < -0.39 is 0 Å². The van der Waals surface area contributed by atoms with Crippen molar-refractivity contribution in [2.24, 2.45) is 0 Å². The highest BCUT2D eigenvalue weighted by Gasteiger charge is 2.00. The van der Waals surface area contributed by atoms with Crippen LogP contribution >= 0.6 is 12.6 Å². The molecular weight excluding hydrogens is 288 g/mol. The van der Waals surface area contributed by atoms with E-state index in [4.69, 9.17) is 0 Å². The molecule has 0 aliphatic rings. The molecule has 120 valence electrons. The number of nitrogens with one attached hydrogen (secondary N) is 2. The molecule has 2 nitrogen and oxygen atoms in total. The minimum Gasteiger partial charge on any atom is -0.389 e. The van der Waals surface area contributed by atoms with E-state index in [-0.39, 0.29) is 0 Å². The molecule has 2 N–H and O–H groups in total. The lowest BCUT2D eigenvalue weighted by Gasteiger charge is -2.10. The van der Waals surface area contributed by atoms with Gasteiger partial charge in [-0.2, -0.15) is 12.6 Å². The molecule has 0 aromatic heterocycles. The second kappa shape index (κ2) is 10.2. The van der Waals surface area contributed by atoms with Crippen LogP contribution in [0.15, 0.2) is 54.9 Å². The fraction of sp³-hybridized carbons (Fsp3) is 0.368. The monoisotopic (exact) mass is 316 g/mol. The van der Waals surface area contributed by atoms with Crippen molar-refractivity contribution in [2.75, 3.05) is 18.8 Å². The first-order valence-corrected chi connectivity index (χ1v) is 8.37. The van der Waals surface area contributed by atoms with Crippen molar-refractivity contribution in [1.82, 2.24) is 10.6 Å². The Hall–Kier alpha value is -1.61. The highest BCUT2D eigenvalue weighted by Crippen LogP contribution is 2.18. The summed E-state index contributed by atoms with van der Waals surface area (Å²) in [4.78, 5) is 0. The molecule has 0 bridgehead atoms. The van der Waals surface area contributed by atoms with E-state index in [1.54, 1.807) is 0 Å². The molecule has 0 aliphatic heterocycles. The zero-order chi connectivity index (χ0) is 16.4. The normalized spacial score (nSPS) is 11.1. The van der Waals surface area contributed by atoms with Crippen molar-refractivity contribution in [2.45, 2.75) is 26.7 Å². The predicted molar refractivity (Wildman–Crippen MR) is 102 cm³/mol. The number of rotatable bonds is 10. The van der Waals surface area contributed by atoms with Gasteiger partial charge in [0.25, 0.3) is 0 Å². The highest BCUT2D eigenvalue weighted by atomic mass is 32.1. The Labute approximate surface area is 140 Å². The minimum atomic E-state index is 0.696.